The van der Waals surface area contributed by atoms with Crippen molar-refractivity contribution in [3.05, 3.63) is 48.3 Å². The van der Waals surface area contributed by atoms with Crippen molar-refractivity contribution in [1.82, 2.24) is 20.0 Å². The minimum Gasteiger partial charge on any atom is -0.335 e. The molecule has 0 saturated carbocycles. The van der Waals surface area contributed by atoms with Crippen LogP contribution in [0.2, 0.25) is 0 Å². The predicted molar refractivity (Wildman–Crippen MR) is 94.7 cm³/mol. The number of carbonyl (C=O) groups excluding carboxylic acids is 1. The lowest BCUT2D eigenvalue weighted by atomic mass is 9.97. The van der Waals surface area contributed by atoms with Crippen molar-refractivity contribution >= 4 is 11.7 Å². The second kappa shape index (κ2) is 7.49. The summed E-state index contributed by atoms with van der Waals surface area (Å²) in [7, 11) is 1.83. The summed E-state index contributed by atoms with van der Waals surface area (Å²) in [5.41, 5.74) is 2.05. The van der Waals surface area contributed by atoms with Gasteiger partial charge < -0.3 is 10.6 Å². The molecular weight excluding hydrogens is 302 g/mol. The third-order valence-corrected chi connectivity index (χ3v) is 4.54. The van der Waals surface area contributed by atoms with Crippen molar-refractivity contribution in [3.63, 3.8) is 0 Å². The molecule has 0 aliphatic carbocycles. The highest BCUT2D eigenvalue weighted by Gasteiger charge is 2.26. The van der Waals surface area contributed by atoms with Crippen molar-refractivity contribution in [1.29, 1.82) is 0 Å². The molecule has 1 aliphatic rings. The third-order valence-electron chi connectivity index (χ3n) is 4.54. The number of aromatic nitrogens is 2. The highest BCUT2D eigenvalue weighted by Crippen LogP contribution is 2.20. The summed E-state index contributed by atoms with van der Waals surface area (Å²) < 4.78 is 1.67. The van der Waals surface area contributed by atoms with E-state index in [0.29, 0.717) is 11.7 Å². The molecule has 2 amide bonds. The Bertz CT molecular complexity index is 669. The molecule has 2 N–H and O–H groups in total. The van der Waals surface area contributed by atoms with Gasteiger partial charge in [-0.05, 0) is 25.3 Å². The Hall–Kier alpha value is -2.34. The van der Waals surface area contributed by atoms with Crippen LogP contribution < -0.4 is 10.6 Å². The number of hydrogen-bond donors (Lipinski definition) is 2. The van der Waals surface area contributed by atoms with Gasteiger partial charge in [-0.25, -0.2) is 4.79 Å². The van der Waals surface area contributed by atoms with E-state index in [2.05, 4.69) is 51.8 Å². The number of piperidine rings is 1. The van der Waals surface area contributed by atoms with E-state index >= 15 is 0 Å². The van der Waals surface area contributed by atoms with Gasteiger partial charge in [-0.15, -0.1) is 0 Å². The molecule has 24 heavy (non-hydrogen) atoms. The fourth-order valence-corrected chi connectivity index (χ4v) is 3.24. The smallest absolute Gasteiger partial charge is 0.319 e. The first-order chi connectivity index (χ1) is 11.6. The van der Waals surface area contributed by atoms with Crippen LogP contribution in [0, 0.1) is 0 Å². The molecule has 0 radical (unpaired) electrons. The van der Waals surface area contributed by atoms with E-state index in [0.717, 1.165) is 25.9 Å². The van der Waals surface area contributed by atoms with Crippen molar-refractivity contribution in [2.75, 3.05) is 11.9 Å². The van der Waals surface area contributed by atoms with E-state index in [1.165, 1.54) is 5.56 Å². The summed E-state index contributed by atoms with van der Waals surface area (Å²) in [4.78, 5) is 14.6. The SMILES string of the molecule is C[C@H]1C[C@@H](NC(=O)Nc2cnn(C)c2)CCN1Cc1ccccc1. The molecule has 2 atom stereocenters. The summed E-state index contributed by atoms with van der Waals surface area (Å²) in [6.45, 7) is 4.19. The Kier molecular flexibility index (Phi) is 5.15. The summed E-state index contributed by atoms with van der Waals surface area (Å²) in [6, 6.07) is 11.0. The van der Waals surface area contributed by atoms with Gasteiger partial charge in [-0.2, -0.15) is 5.10 Å². The topological polar surface area (TPSA) is 62.2 Å². The lowest BCUT2D eigenvalue weighted by Gasteiger charge is -2.38. The zero-order valence-electron chi connectivity index (χ0n) is 14.3. The Balaban J connectivity index is 1.47. The number of aryl methyl sites for hydroxylation is 1. The molecule has 3 rings (SSSR count). The van der Waals surface area contributed by atoms with Gasteiger partial charge in [-0.1, -0.05) is 30.3 Å². The first-order valence-electron chi connectivity index (χ1n) is 8.44. The Morgan fingerprint density at radius 3 is 2.79 bits per heavy atom. The maximum absolute atomic E-state index is 12.1. The molecule has 6 nitrogen and oxygen atoms in total. The van der Waals surface area contributed by atoms with Crippen LogP contribution in [0.3, 0.4) is 0 Å². The van der Waals surface area contributed by atoms with E-state index < -0.39 is 0 Å². The van der Waals surface area contributed by atoms with Crippen LogP contribution in [-0.4, -0.2) is 39.3 Å². The lowest BCUT2D eigenvalue weighted by Crippen LogP contribution is -2.49. The maximum atomic E-state index is 12.1. The third kappa shape index (κ3) is 4.35. The zero-order valence-corrected chi connectivity index (χ0v) is 14.3. The zero-order chi connectivity index (χ0) is 16.9. The molecule has 0 unspecified atom stereocenters. The summed E-state index contributed by atoms with van der Waals surface area (Å²) in [5, 5.41) is 9.95. The number of benzene rings is 1. The van der Waals surface area contributed by atoms with Gasteiger partial charge in [0, 0.05) is 38.4 Å². The molecule has 0 spiro atoms. The van der Waals surface area contributed by atoms with Gasteiger partial charge in [-0.3, -0.25) is 9.58 Å². The van der Waals surface area contributed by atoms with Crippen molar-refractivity contribution < 1.29 is 4.79 Å². The molecule has 2 heterocycles. The fourth-order valence-electron chi connectivity index (χ4n) is 3.24. The summed E-state index contributed by atoms with van der Waals surface area (Å²) in [6.07, 6.45) is 5.36. The molecule has 1 fully saturated rings. The molecule has 1 aromatic heterocycles. The highest BCUT2D eigenvalue weighted by molar-refractivity contribution is 5.89. The fraction of sp³-hybridized carbons (Fsp3) is 0.444. The molecule has 1 saturated heterocycles. The average Bonchev–Trinajstić information content (AvgIpc) is 2.96. The van der Waals surface area contributed by atoms with Gasteiger partial charge in [0.25, 0.3) is 0 Å². The van der Waals surface area contributed by atoms with Gasteiger partial charge in [0.1, 0.15) is 0 Å². The van der Waals surface area contributed by atoms with Gasteiger partial charge in [0.05, 0.1) is 11.9 Å². The second-order valence-corrected chi connectivity index (χ2v) is 6.53. The van der Waals surface area contributed by atoms with Crippen molar-refractivity contribution in [2.45, 2.75) is 38.4 Å². The highest BCUT2D eigenvalue weighted by atomic mass is 16.2. The van der Waals surface area contributed by atoms with E-state index in [1.54, 1.807) is 17.1 Å². The molecular formula is C18H25N5O. The first-order valence-corrected chi connectivity index (χ1v) is 8.44. The molecule has 6 heteroatoms. The monoisotopic (exact) mass is 327 g/mol. The number of urea groups is 1. The van der Waals surface area contributed by atoms with Crippen LogP contribution in [0.25, 0.3) is 0 Å². The summed E-state index contributed by atoms with van der Waals surface area (Å²) >= 11 is 0. The van der Waals surface area contributed by atoms with Crippen molar-refractivity contribution in [2.24, 2.45) is 7.05 Å². The van der Waals surface area contributed by atoms with Gasteiger partial charge in [0.2, 0.25) is 0 Å². The van der Waals surface area contributed by atoms with Crippen LogP contribution >= 0.6 is 0 Å². The van der Waals surface area contributed by atoms with Gasteiger partial charge >= 0.3 is 6.03 Å². The van der Waals surface area contributed by atoms with E-state index in [1.807, 2.05) is 13.1 Å². The first kappa shape index (κ1) is 16.5. The Labute approximate surface area is 142 Å². The maximum Gasteiger partial charge on any atom is 0.319 e. The number of amides is 2. The van der Waals surface area contributed by atoms with E-state index in [-0.39, 0.29) is 12.1 Å². The number of nitrogens with zero attached hydrogens (tertiary/aromatic N) is 3. The average molecular weight is 327 g/mol. The largest absolute Gasteiger partial charge is 0.335 e. The number of hydrogen-bond acceptors (Lipinski definition) is 3. The number of nitrogens with one attached hydrogen (secondary N) is 2. The van der Waals surface area contributed by atoms with Gasteiger partial charge in [0.15, 0.2) is 0 Å². The molecule has 0 bridgehead atoms. The van der Waals surface area contributed by atoms with E-state index in [4.69, 9.17) is 0 Å². The minimum atomic E-state index is -0.156. The quantitative estimate of drug-likeness (QED) is 0.907. The lowest BCUT2D eigenvalue weighted by molar-refractivity contribution is 0.131. The van der Waals surface area contributed by atoms with Crippen LogP contribution in [0.5, 0.6) is 0 Å². The number of rotatable bonds is 4. The number of anilines is 1. The summed E-state index contributed by atoms with van der Waals surface area (Å²) in [5.74, 6) is 0. The van der Waals surface area contributed by atoms with Crippen LogP contribution in [0.15, 0.2) is 42.7 Å². The Morgan fingerprint density at radius 2 is 2.12 bits per heavy atom. The number of likely N-dealkylation sites (tertiary alicyclic amines) is 1. The predicted octanol–water partition coefficient (Wildman–Crippen LogP) is 2.59. The molecule has 128 valence electrons. The van der Waals surface area contributed by atoms with Crippen LogP contribution in [0.4, 0.5) is 10.5 Å². The standard InChI is InChI=1S/C18H25N5O/c1-14-10-16(20-18(24)21-17-11-19-22(2)13-17)8-9-23(14)12-15-6-4-3-5-7-15/h3-7,11,13-14,16H,8-10,12H2,1-2H3,(H2,20,21,24)/t14-,16-/m0/s1. The van der Waals surface area contributed by atoms with Crippen LogP contribution in [0.1, 0.15) is 25.3 Å². The van der Waals surface area contributed by atoms with Crippen LogP contribution in [-0.2, 0) is 13.6 Å². The normalized spacial score (nSPS) is 21.4. The molecule has 2 aromatic rings. The van der Waals surface area contributed by atoms with Crippen molar-refractivity contribution in [3.8, 4) is 0 Å². The number of carbonyl (C=O) groups is 1. The Morgan fingerprint density at radius 1 is 1.33 bits per heavy atom. The minimum absolute atomic E-state index is 0.156. The van der Waals surface area contributed by atoms with E-state index in [9.17, 15) is 4.79 Å². The molecule has 1 aromatic carbocycles. The second-order valence-electron chi connectivity index (χ2n) is 6.53. The molecule has 1 aliphatic heterocycles.